The average Bonchev–Trinajstić information content (AvgIpc) is 2.82. The standard InChI is InChI=1S/C13H20N2O4/c1-8(2)15-12(16)9(3)14-7-10-5-6-11(19-10)13(17)18-4/h5-6,8-9,14H,7H2,1-4H3,(H,15,16). The summed E-state index contributed by atoms with van der Waals surface area (Å²) in [5, 5.41) is 5.82. The highest BCUT2D eigenvalue weighted by Crippen LogP contribution is 2.08. The Morgan fingerprint density at radius 2 is 2.00 bits per heavy atom. The quantitative estimate of drug-likeness (QED) is 0.754. The van der Waals surface area contributed by atoms with Crippen molar-refractivity contribution >= 4 is 11.9 Å². The van der Waals surface area contributed by atoms with Gasteiger partial charge in [0.15, 0.2) is 0 Å². The van der Waals surface area contributed by atoms with Crippen LogP contribution >= 0.6 is 0 Å². The van der Waals surface area contributed by atoms with Gasteiger partial charge in [-0.3, -0.25) is 10.1 Å². The third kappa shape index (κ3) is 4.75. The van der Waals surface area contributed by atoms with Crippen molar-refractivity contribution in [2.75, 3.05) is 7.11 Å². The van der Waals surface area contributed by atoms with E-state index in [0.717, 1.165) is 0 Å². The summed E-state index contributed by atoms with van der Waals surface area (Å²) in [7, 11) is 1.29. The monoisotopic (exact) mass is 268 g/mol. The molecule has 0 bridgehead atoms. The molecule has 6 heteroatoms. The fraction of sp³-hybridized carbons (Fsp3) is 0.538. The number of amides is 1. The van der Waals surface area contributed by atoms with Crippen LogP contribution in [0.2, 0.25) is 0 Å². The number of carbonyl (C=O) groups is 2. The second-order valence-electron chi connectivity index (χ2n) is 4.52. The predicted octanol–water partition coefficient (Wildman–Crippen LogP) is 1.07. The molecule has 106 valence electrons. The van der Waals surface area contributed by atoms with Gasteiger partial charge in [0, 0.05) is 6.04 Å². The zero-order valence-electron chi connectivity index (χ0n) is 11.6. The summed E-state index contributed by atoms with van der Waals surface area (Å²) >= 11 is 0. The molecule has 1 heterocycles. The molecule has 1 unspecified atom stereocenters. The maximum atomic E-state index is 11.7. The molecule has 1 aromatic heterocycles. The molecule has 0 fully saturated rings. The van der Waals surface area contributed by atoms with Crippen molar-refractivity contribution < 1.29 is 18.7 Å². The zero-order chi connectivity index (χ0) is 14.4. The van der Waals surface area contributed by atoms with E-state index in [0.29, 0.717) is 12.3 Å². The molecule has 1 amide bonds. The van der Waals surface area contributed by atoms with E-state index in [2.05, 4.69) is 15.4 Å². The van der Waals surface area contributed by atoms with Crippen molar-refractivity contribution in [3.63, 3.8) is 0 Å². The van der Waals surface area contributed by atoms with Crippen LogP contribution in [0.3, 0.4) is 0 Å². The molecule has 0 aliphatic heterocycles. The Morgan fingerprint density at radius 3 is 2.58 bits per heavy atom. The van der Waals surface area contributed by atoms with Crippen LogP contribution in [0.15, 0.2) is 16.5 Å². The molecule has 2 N–H and O–H groups in total. The number of furan rings is 1. The Balaban J connectivity index is 2.46. The number of esters is 1. The molecule has 1 aromatic rings. The summed E-state index contributed by atoms with van der Waals surface area (Å²) < 4.78 is 9.82. The Kier molecular flexibility index (Phi) is 5.57. The van der Waals surface area contributed by atoms with E-state index < -0.39 is 5.97 Å². The normalized spacial score (nSPS) is 12.3. The molecular formula is C13H20N2O4. The number of nitrogens with one attached hydrogen (secondary N) is 2. The van der Waals surface area contributed by atoms with Crippen LogP contribution < -0.4 is 10.6 Å². The van der Waals surface area contributed by atoms with Gasteiger partial charge in [-0.2, -0.15) is 0 Å². The van der Waals surface area contributed by atoms with E-state index >= 15 is 0 Å². The lowest BCUT2D eigenvalue weighted by Crippen LogP contribution is -2.44. The van der Waals surface area contributed by atoms with E-state index in [-0.39, 0.29) is 23.8 Å². The van der Waals surface area contributed by atoms with Crippen LogP contribution in [0.1, 0.15) is 37.1 Å². The molecule has 0 saturated carbocycles. The van der Waals surface area contributed by atoms with E-state index in [1.165, 1.54) is 7.11 Å². The fourth-order valence-electron chi connectivity index (χ4n) is 1.44. The second kappa shape index (κ2) is 6.94. The van der Waals surface area contributed by atoms with Crippen molar-refractivity contribution in [2.45, 2.75) is 39.4 Å². The van der Waals surface area contributed by atoms with E-state index in [4.69, 9.17) is 4.42 Å². The molecule has 0 saturated heterocycles. The first-order valence-electron chi connectivity index (χ1n) is 6.14. The summed E-state index contributed by atoms with van der Waals surface area (Å²) in [6.07, 6.45) is 0. The van der Waals surface area contributed by atoms with Gasteiger partial charge in [0.1, 0.15) is 5.76 Å². The van der Waals surface area contributed by atoms with E-state index in [1.54, 1.807) is 19.1 Å². The Hall–Kier alpha value is -1.82. The fourth-order valence-corrected chi connectivity index (χ4v) is 1.44. The zero-order valence-corrected chi connectivity index (χ0v) is 11.6. The first-order valence-corrected chi connectivity index (χ1v) is 6.14. The van der Waals surface area contributed by atoms with Crippen LogP contribution in [-0.2, 0) is 16.1 Å². The van der Waals surface area contributed by atoms with Gasteiger partial charge in [-0.05, 0) is 32.9 Å². The molecule has 1 atom stereocenters. The number of hydrogen-bond donors (Lipinski definition) is 2. The number of hydrogen-bond acceptors (Lipinski definition) is 5. The van der Waals surface area contributed by atoms with Gasteiger partial charge in [0.25, 0.3) is 0 Å². The largest absolute Gasteiger partial charge is 0.463 e. The van der Waals surface area contributed by atoms with Crippen molar-refractivity contribution in [1.29, 1.82) is 0 Å². The van der Waals surface area contributed by atoms with Crippen molar-refractivity contribution in [1.82, 2.24) is 10.6 Å². The average molecular weight is 268 g/mol. The minimum Gasteiger partial charge on any atom is -0.463 e. The molecule has 0 spiro atoms. The lowest BCUT2D eigenvalue weighted by atomic mass is 10.2. The summed E-state index contributed by atoms with van der Waals surface area (Å²) in [5.74, 6) is 0.134. The van der Waals surface area contributed by atoms with Crippen molar-refractivity contribution in [3.8, 4) is 0 Å². The molecular weight excluding hydrogens is 248 g/mol. The van der Waals surface area contributed by atoms with Crippen LogP contribution in [0, 0.1) is 0 Å². The third-order valence-corrected chi connectivity index (χ3v) is 2.45. The van der Waals surface area contributed by atoms with Gasteiger partial charge in [-0.1, -0.05) is 0 Å². The SMILES string of the molecule is COC(=O)c1ccc(CNC(C)C(=O)NC(C)C)o1. The lowest BCUT2D eigenvalue weighted by molar-refractivity contribution is -0.123. The van der Waals surface area contributed by atoms with Crippen LogP contribution in [0.4, 0.5) is 0 Å². The van der Waals surface area contributed by atoms with Gasteiger partial charge in [-0.15, -0.1) is 0 Å². The van der Waals surface area contributed by atoms with E-state index in [1.807, 2.05) is 13.8 Å². The first-order chi connectivity index (χ1) is 8.93. The molecule has 19 heavy (non-hydrogen) atoms. The summed E-state index contributed by atoms with van der Waals surface area (Å²) in [4.78, 5) is 22.9. The lowest BCUT2D eigenvalue weighted by Gasteiger charge is -2.15. The first kappa shape index (κ1) is 15.2. The summed E-state index contributed by atoms with van der Waals surface area (Å²) in [6, 6.07) is 2.98. The second-order valence-corrected chi connectivity index (χ2v) is 4.52. The molecule has 0 radical (unpaired) electrons. The third-order valence-electron chi connectivity index (χ3n) is 2.45. The maximum absolute atomic E-state index is 11.7. The molecule has 1 rings (SSSR count). The minimum absolute atomic E-state index is 0.0743. The number of rotatable bonds is 6. The Morgan fingerprint density at radius 1 is 1.32 bits per heavy atom. The number of methoxy groups -OCH3 is 1. The smallest absolute Gasteiger partial charge is 0.373 e. The maximum Gasteiger partial charge on any atom is 0.373 e. The van der Waals surface area contributed by atoms with Gasteiger partial charge in [0.2, 0.25) is 11.7 Å². The van der Waals surface area contributed by atoms with Crippen LogP contribution in [-0.4, -0.2) is 31.1 Å². The highest BCUT2D eigenvalue weighted by atomic mass is 16.5. The van der Waals surface area contributed by atoms with Crippen LogP contribution in [0.5, 0.6) is 0 Å². The molecule has 0 aliphatic rings. The predicted molar refractivity (Wildman–Crippen MR) is 69.6 cm³/mol. The molecule has 0 aromatic carbocycles. The van der Waals surface area contributed by atoms with E-state index in [9.17, 15) is 9.59 Å². The molecule has 6 nitrogen and oxygen atoms in total. The Labute approximate surface area is 112 Å². The van der Waals surface area contributed by atoms with Gasteiger partial charge >= 0.3 is 5.97 Å². The van der Waals surface area contributed by atoms with Gasteiger partial charge in [-0.25, -0.2) is 4.79 Å². The van der Waals surface area contributed by atoms with Crippen LogP contribution in [0.25, 0.3) is 0 Å². The minimum atomic E-state index is -0.517. The van der Waals surface area contributed by atoms with Crippen molar-refractivity contribution in [2.24, 2.45) is 0 Å². The molecule has 0 aliphatic carbocycles. The Bertz CT molecular complexity index is 440. The summed E-state index contributed by atoms with van der Waals surface area (Å²) in [5.41, 5.74) is 0. The summed E-state index contributed by atoms with van der Waals surface area (Å²) in [6.45, 7) is 5.94. The number of ether oxygens (including phenoxy) is 1. The van der Waals surface area contributed by atoms with Gasteiger partial charge in [0.05, 0.1) is 19.7 Å². The number of carbonyl (C=O) groups excluding carboxylic acids is 2. The van der Waals surface area contributed by atoms with Crippen molar-refractivity contribution in [3.05, 3.63) is 23.7 Å². The highest BCUT2D eigenvalue weighted by molar-refractivity contribution is 5.86. The topological polar surface area (TPSA) is 80.6 Å². The highest BCUT2D eigenvalue weighted by Gasteiger charge is 2.15. The van der Waals surface area contributed by atoms with Gasteiger partial charge < -0.3 is 14.5 Å².